The fourth-order valence-electron chi connectivity index (χ4n) is 1.43. The molecule has 0 aromatic carbocycles. The highest BCUT2D eigenvalue weighted by Gasteiger charge is 2.12. The van der Waals surface area contributed by atoms with Gasteiger partial charge in [0.1, 0.15) is 11.3 Å². The van der Waals surface area contributed by atoms with Crippen molar-refractivity contribution in [3.05, 3.63) is 52.6 Å². The molecule has 0 aliphatic heterocycles. The summed E-state index contributed by atoms with van der Waals surface area (Å²) in [6.07, 6.45) is 4.36. The van der Waals surface area contributed by atoms with Crippen LogP contribution in [0.3, 0.4) is 0 Å². The van der Waals surface area contributed by atoms with Crippen LogP contribution in [0.25, 0.3) is 0 Å². The number of rotatable bonds is 3. The molecule has 0 spiro atoms. The number of carbonyl (C=O) groups is 1. The normalized spacial score (nSPS) is 9.83. The van der Waals surface area contributed by atoms with E-state index in [0.717, 1.165) is 0 Å². The molecule has 2 rings (SSSR count). The van der Waals surface area contributed by atoms with Gasteiger partial charge in [-0.25, -0.2) is 4.98 Å². The monoisotopic (exact) mass is 245 g/mol. The second-order valence-electron chi connectivity index (χ2n) is 3.44. The Morgan fingerprint density at radius 1 is 1.44 bits per heavy atom. The van der Waals surface area contributed by atoms with Crippen molar-refractivity contribution in [3.8, 4) is 5.88 Å². The Bertz CT molecular complexity index is 622. The molecule has 18 heavy (non-hydrogen) atoms. The van der Waals surface area contributed by atoms with Gasteiger partial charge < -0.3 is 15.0 Å². The highest BCUT2D eigenvalue weighted by molar-refractivity contribution is 6.04. The summed E-state index contributed by atoms with van der Waals surface area (Å²) in [6.45, 7) is 0. The largest absolute Gasteiger partial charge is 0.480 e. The Morgan fingerprint density at radius 3 is 3.00 bits per heavy atom. The van der Waals surface area contributed by atoms with Gasteiger partial charge >= 0.3 is 0 Å². The van der Waals surface area contributed by atoms with Crippen molar-refractivity contribution in [2.45, 2.75) is 0 Å². The minimum absolute atomic E-state index is 0.0309. The highest BCUT2D eigenvalue weighted by Crippen LogP contribution is 2.19. The maximum absolute atomic E-state index is 11.9. The van der Waals surface area contributed by atoms with E-state index in [1.54, 1.807) is 18.3 Å². The Labute approximate surface area is 103 Å². The molecule has 92 valence electrons. The topological polar surface area (TPSA) is 84.1 Å². The summed E-state index contributed by atoms with van der Waals surface area (Å²) in [5, 5.41) is 2.57. The molecule has 6 heteroatoms. The number of hydrogen-bond acceptors (Lipinski definition) is 4. The number of methoxy groups -OCH3 is 1. The first-order valence-electron chi connectivity index (χ1n) is 5.20. The van der Waals surface area contributed by atoms with Gasteiger partial charge in [0.05, 0.1) is 7.11 Å². The number of nitrogens with zero attached hydrogens (tertiary/aromatic N) is 1. The number of aromatic amines is 1. The van der Waals surface area contributed by atoms with E-state index >= 15 is 0 Å². The molecule has 0 bridgehead atoms. The number of H-pyrrole nitrogens is 1. The molecule has 1 amide bonds. The van der Waals surface area contributed by atoms with Gasteiger partial charge in [-0.1, -0.05) is 0 Å². The number of aromatic nitrogens is 2. The van der Waals surface area contributed by atoms with Crippen molar-refractivity contribution in [2.24, 2.45) is 0 Å². The van der Waals surface area contributed by atoms with Gasteiger partial charge in [-0.05, 0) is 12.1 Å². The van der Waals surface area contributed by atoms with Gasteiger partial charge in [0.25, 0.3) is 5.91 Å². The van der Waals surface area contributed by atoms with E-state index in [1.807, 2.05) is 0 Å². The van der Waals surface area contributed by atoms with Crippen LogP contribution in [0.15, 0.2) is 41.6 Å². The number of amides is 1. The molecule has 0 aliphatic carbocycles. The van der Waals surface area contributed by atoms with Crippen molar-refractivity contribution in [3.63, 3.8) is 0 Å². The van der Waals surface area contributed by atoms with Crippen molar-refractivity contribution in [1.29, 1.82) is 0 Å². The third kappa shape index (κ3) is 2.37. The summed E-state index contributed by atoms with van der Waals surface area (Å²) in [5.41, 5.74) is 0.0887. The standard InChI is InChI=1S/C12H11N3O3/c1-18-12-9(3-2-5-14-12)15-11(17)8-7-13-6-4-10(8)16/h2-7H,1H3,(H,13,16)(H,15,17). The Hall–Kier alpha value is -2.63. The van der Waals surface area contributed by atoms with Crippen LogP contribution in [-0.2, 0) is 0 Å². The van der Waals surface area contributed by atoms with Crippen LogP contribution in [-0.4, -0.2) is 23.0 Å². The average molecular weight is 245 g/mol. The first kappa shape index (κ1) is 11.8. The molecule has 2 N–H and O–H groups in total. The second kappa shape index (κ2) is 5.13. The maximum Gasteiger partial charge on any atom is 0.261 e. The van der Waals surface area contributed by atoms with Gasteiger partial charge in [-0.2, -0.15) is 0 Å². The number of ether oxygens (including phenoxy) is 1. The predicted octanol–water partition coefficient (Wildman–Crippen LogP) is 1.03. The van der Waals surface area contributed by atoms with Crippen molar-refractivity contribution < 1.29 is 9.53 Å². The van der Waals surface area contributed by atoms with E-state index in [0.29, 0.717) is 11.6 Å². The average Bonchev–Trinajstić information content (AvgIpc) is 2.39. The van der Waals surface area contributed by atoms with E-state index in [1.165, 1.54) is 25.6 Å². The fourth-order valence-corrected chi connectivity index (χ4v) is 1.43. The van der Waals surface area contributed by atoms with Crippen molar-refractivity contribution in [2.75, 3.05) is 12.4 Å². The summed E-state index contributed by atoms with van der Waals surface area (Å²) < 4.78 is 5.00. The van der Waals surface area contributed by atoms with Crippen molar-refractivity contribution >= 4 is 11.6 Å². The predicted molar refractivity (Wildman–Crippen MR) is 65.8 cm³/mol. The van der Waals surface area contributed by atoms with E-state index in [2.05, 4.69) is 15.3 Å². The van der Waals surface area contributed by atoms with Crippen LogP contribution in [0, 0.1) is 0 Å². The Morgan fingerprint density at radius 2 is 2.28 bits per heavy atom. The van der Waals surface area contributed by atoms with Gasteiger partial charge in [0.15, 0.2) is 5.43 Å². The van der Waals surface area contributed by atoms with E-state index in [-0.39, 0.29) is 11.0 Å². The molecule has 2 heterocycles. The van der Waals surface area contributed by atoms with Crippen LogP contribution in [0.4, 0.5) is 5.69 Å². The number of pyridine rings is 2. The molecule has 0 atom stereocenters. The lowest BCUT2D eigenvalue weighted by Gasteiger charge is -2.07. The number of anilines is 1. The zero-order valence-corrected chi connectivity index (χ0v) is 9.64. The lowest BCUT2D eigenvalue weighted by atomic mass is 10.2. The number of hydrogen-bond donors (Lipinski definition) is 2. The SMILES string of the molecule is COc1ncccc1NC(=O)c1c[nH]ccc1=O. The molecular formula is C12H11N3O3. The number of carbonyl (C=O) groups excluding carboxylic acids is 1. The van der Waals surface area contributed by atoms with Crippen LogP contribution in [0.2, 0.25) is 0 Å². The molecular weight excluding hydrogens is 234 g/mol. The maximum atomic E-state index is 11.9. The van der Waals surface area contributed by atoms with Crippen LogP contribution in [0.1, 0.15) is 10.4 Å². The van der Waals surface area contributed by atoms with Crippen LogP contribution in [0.5, 0.6) is 5.88 Å². The lowest BCUT2D eigenvalue weighted by molar-refractivity contribution is 0.102. The molecule has 0 aliphatic rings. The molecule has 0 fully saturated rings. The van der Waals surface area contributed by atoms with E-state index < -0.39 is 5.91 Å². The Kier molecular flexibility index (Phi) is 3.38. The minimum atomic E-state index is -0.511. The molecule has 0 unspecified atom stereocenters. The summed E-state index contributed by atoms with van der Waals surface area (Å²) in [6, 6.07) is 4.59. The van der Waals surface area contributed by atoms with Gasteiger partial charge in [0, 0.05) is 24.7 Å². The third-order valence-corrected chi connectivity index (χ3v) is 2.28. The quantitative estimate of drug-likeness (QED) is 0.845. The first-order valence-corrected chi connectivity index (χ1v) is 5.20. The smallest absolute Gasteiger partial charge is 0.261 e. The molecule has 0 saturated heterocycles. The van der Waals surface area contributed by atoms with Crippen LogP contribution < -0.4 is 15.5 Å². The van der Waals surface area contributed by atoms with Crippen LogP contribution >= 0.6 is 0 Å². The van der Waals surface area contributed by atoms with Gasteiger partial charge in [0.2, 0.25) is 5.88 Å². The highest BCUT2D eigenvalue weighted by atomic mass is 16.5. The summed E-state index contributed by atoms with van der Waals surface area (Å²) in [7, 11) is 1.45. The third-order valence-electron chi connectivity index (χ3n) is 2.28. The Balaban J connectivity index is 2.27. The lowest BCUT2D eigenvalue weighted by Crippen LogP contribution is -2.21. The van der Waals surface area contributed by atoms with E-state index in [9.17, 15) is 9.59 Å². The fraction of sp³-hybridized carbons (Fsp3) is 0.0833. The molecule has 0 radical (unpaired) electrons. The molecule has 0 saturated carbocycles. The molecule has 2 aromatic rings. The zero-order valence-electron chi connectivity index (χ0n) is 9.64. The van der Waals surface area contributed by atoms with Crippen molar-refractivity contribution in [1.82, 2.24) is 9.97 Å². The summed E-state index contributed by atoms with van der Waals surface area (Å²) >= 11 is 0. The summed E-state index contributed by atoms with van der Waals surface area (Å²) in [5.74, 6) is -0.221. The van der Waals surface area contributed by atoms with E-state index in [4.69, 9.17) is 4.74 Å². The molecule has 2 aromatic heterocycles. The molecule has 6 nitrogen and oxygen atoms in total. The second-order valence-corrected chi connectivity index (χ2v) is 3.44. The zero-order chi connectivity index (χ0) is 13.0. The summed E-state index contributed by atoms with van der Waals surface area (Å²) in [4.78, 5) is 30.0. The first-order chi connectivity index (χ1) is 8.72. The number of nitrogens with one attached hydrogen (secondary N) is 2. The minimum Gasteiger partial charge on any atom is -0.480 e. The van der Waals surface area contributed by atoms with Gasteiger partial charge in [-0.15, -0.1) is 0 Å². The van der Waals surface area contributed by atoms with Gasteiger partial charge in [-0.3, -0.25) is 9.59 Å².